The predicted molar refractivity (Wildman–Crippen MR) is 109 cm³/mol. The Hall–Kier alpha value is -1.67. The van der Waals surface area contributed by atoms with Crippen molar-refractivity contribution in [1.82, 2.24) is 0 Å². The molecule has 15 heteroatoms. The number of aliphatic hydroxyl groups excluding tert-OH is 1. The van der Waals surface area contributed by atoms with Crippen LogP contribution in [-0.4, -0.2) is 59.8 Å². The molecule has 0 amide bonds. The summed E-state index contributed by atoms with van der Waals surface area (Å²) >= 11 is 0. The first-order valence-electron chi connectivity index (χ1n) is 11.4. The van der Waals surface area contributed by atoms with E-state index >= 15 is 0 Å². The summed E-state index contributed by atoms with van der Waals surface area (Å²) in [6.07, 6.45) is -5.48. The normalized spacial score (nSPS) is 14.1. The third-order valence-electron chi connectivity index (χ3n) is 5.49. The maximum Gasteiger partial charge on any atom is 0.384 e. The van der Waals surface area contributed by atoms with Gasteiger partial charge in [-0.2, -0.15) is 52.7 Å². The molecule has 0 aliphatic carbocycles. The van der Waals surface area contributed by atoms with Crippen LogP contribution < -0.4 is 0 Å². The molecule has 0 aromatic carbocycles. The molecule has 0 heterocycles. The zero-order valence-corrected chi connectivity index (χ0v) is 20.0. The summed E-state index contributed by atoms with van der Waals surface area (Å²) in [5, 5.41) is 8.61. The lowest BCUT2D eigenvalue weighted by atomic mass is 9.88. The van der Waals surface area contributed by atoms with Crippen LogP contribution in [0.15, 0.2) is 12.2 Å². The smallest absolute Gasteiger partial charge is 0.384 e. The van der Waals surface area contributed by atoms with Gasteiger partial charge in [-0.15, -0.1) is 0 Å². The summed E-state index contributed by atoms with van der Waals surface area (Å²) in [7, 11) is 0. The average molecular weight is 570 g/mol. The first kappa shape index (κ1) is 35.3. The second-order valence-corrected chi connectivity index (χ2v) is 8.54. The Morgan fingerprint density at radius 3 is 1.54 bits per heavy atom. The van der Waals surface area contributed by atoms with Crippen molar-refractivity contribution in [2.24, 2.45) is 0 Å². The van der Waals surface area contributed by atoms with Crippen molar-refractivity contribution >= 4 is 5.97 Å². The Balaban J connectivity index is 5.51. The minimum Gasteiger partial charge on any atom is -0.462 e. The fourth-order valence-electron chi connectivity index (χ4n) is 3.07. The fraction of sp³-hybridized carbons (Fsp3) is 0.864. The summed E-state index contributed by atoms with van der Waals surface area (Å²) < 4.78 is 171. The summed E-state index contributed by atoms with van der Waals surface area (Å²) in [6.45, 7) is 3.47. The van der Waals surface area contributed by atoms with Crippen molar-refractivity contribution in [2.45, 2.75) is 107 Å². The zero-order valence-electron chi connectivity index (χ0n) is 20.0. The van der Waals surface area contributed by atoms with Gasteiger partial charge in [-0.1, -0.05) is 39.2 Å². The van der Waals surface area contributed by atoms with Gasteiger partial charge in [0.2, 0.25) is 0 Å². The Labute approximate surface area is 206 Å². The molecule has 0 aromatic heterocycles. The van der Waals surface area contributed by atoms with Crippen LogP contribution in [0.2, 0.25) is 0 Å². The SMILES string of the molecule is C=C(CCCO)C(=O)OCCCC(F)(F)C(F)(F)C(F)(F)C(F)(F)C(F)(F)C(F)(F)CCCCCCC. The molecule has 0 bridgehead atoms. The molecule has 0 fully saturated rings. The highest BCUT2D eigenvalue weighted by Crippen LogP contribution is 2.61. The topological polar surface area (TPSA) is 46.5 Å². The molecule has 0 spiro atoms. The molecular formula is C22H30F12O3. The number of carbonyl (C=O) groups excluding carboxylic acids is 1. The van der Waals surface area contributed by atoms with E-state index in [0.717, 1.165) is 0 Å². The van der Waals surface area contributed by atoms with Crippen molar-refractivity contribution in [3.8, 4) is 0 Å². The first-order chi connectivity index (χ1) is 16.7. The van der Waals surface area contributed by atoms with Gasteiger partial charge in [0.25, 0.3) is 0 Å². The van der Waals surface area contributed by atoms with Gasteiger partial charge < -0.3 is 9.84 Å². The second-order valence-electron chi connectivity index (χ2n) is 8.54. The van der Waals surface area contributed by atoms with Crippen LogP contribution >= 0.6 is 0 Å². The molecule has 0 aliphatic heterocycles. The monoisotopic (exact) mass is 570 g/mol. The van der Waals surface area contributed by atoms with Gasteiger partial charge in [0.15, 0.2) is 0 Å². The number of aliphatic hydroxyl groups is 1. The predicted octanol–water partition coefficient (Wildman–Crippen LogP) is 7.81. The molecule has 220 valence electrons. The van der Waals surface area contributed by atoms with Gasteiger partial charge in [0.05, 0.1) is 6.61 Å². The molecule has 1 N–H and O–H groups in total. The highest BCUT2D eigenvalue weighted by molar-refractivity contribution is 5.87. The Morgan fingerprint density at radius 1 is 0.676 bits per heavy atom. The lowest BCUT2D eigenvalue weighted by molar-refractivity contribution is -0.425. The molecule has 0 radical (unpaired) electrons. The van der Waals surface area contributed by atoms with Crippen LogP contribution in [0.25, 0.3) is 0 Å². The summed E-state index contributed by atoms with van der Waals surface area (Å²) in [5.74, 6) is -42.7. The van der Waals surface area contributed by atoms with E-state index in [2.05, 4.69) is 11.3 Å². The lowest BCUT2D eigenvalue weighted by Gasteiger charge is -2.41. The van der Waals surface area contributed by atoms with E-state index in [9.17, 15) is 57.5 Å². The number of esters is 1. The van der Waals surface area contributed by atoms with Crippen LogP contribution in [0.1, 0.15) is 71.1 Å². The molecule has 0 aromatic rings. The summed E-state index contributed by atoms with van der Waals surface area (Å²) in [6, 6.07) is 0. The number of alkyl halides is 12. The van der Waals surface area contributed by atoms with Crippen LogP contribution in [-0.2, 0) is 9.53 Å². The third kappa shape index (κ3) is 7.92. The van der Waals surface area contributed by atoms with Crippen molar-refractivity contribution in [3.05, 3.63) is 12.2 Å². The standard InChI is InChI=1S/C22H30F12O3/c1-3-4-5-6-7-11-17(23,24)19(27,28)21(31,32)22(33,34)20(29,30)18(25,26)12-9-14-37-16(36)15(2)10-8-13-35/h35H,2-14H2,1H3. The number of unbranched alkanes of at least 4 members (excludes halogenated alkanes) is 4. The van der Waals surface area contributed by atoms with Crippen molar-refractivity contribution in [2.75, 3.05) is 13.2 Å². The number of hydrogen-bond acceptors (Lipinski definition) is 3. The Bertz CT molecular complexity index is 738. The largest absolute Gasteiger partial charge is 0.462 e. The Kier molecular flexibility index (Phi) is 12.8. The van der Waals surface area contributed by atoms with E-state index in [4.69, 9.17) is 5.11 Å². The van der Waals surface area contributed by atoms with E-state index in [0.29, 0.717) is 12.8 Å². The average Bonchev–Trinajstić information content (AvgIpc) is 2.79. The van der Waals surface area contributed by atoms with Gasteiger partial charge in [-0.3, -0.25) is 0 Å². The van der Waals surface area contributed by atoms with Gasteiger partial charge in [0.1, 0.15) is 0 Å². The van der Waals surface area contributed by atoms with Crippen LogP contribution in [0, 0.1) is 0 Å². The molecular weight excluding hydrogens is 540 g/mol. The van der Waals surface area contributed by atoms with Crippen molar-refractivity contribution < 1.29 is 67.3 Å². The maximum atomic E-state index is 13.9. The van der Waals surface area contributed by atoms with E-state index < -0.39 is 73.8 Å². The number of ether oxygens (including phenoxy) is 1. The quantitative estimate of drug-likeness (QED) is 0.0746. The Morgan fingerprint density at radius 2 is 1.11 bits per heavy atom. The molecule has 0 saturated carbocycles. The van der Waals surface area contributed by atoms with Gasteiger partial charge in [-0.05, 0) is 25.7 Å². The van der Waals surface area contributed by atoms with Crippen molar-refractivity contribution in [1.29, 1.82) is 0 Å². The number of carbonyl (C=O) groups is 1. The summed E-state index contributed by atoms with van der Waals surface area (Å²) in [5.41, 5.74) is -0.258. The minimum absolute atomic E-state index is 0.0596. The van der Waals surface area contributed by atoms with Crippen LogP contribution in [0.4, 0.5) is 52.7 Å². The molecule has 0 saturated heterocycles. The van der Waals surface area contributed by atoms with E-state index in [1.54, 1.807) is 6.92 Å². The second kappa shape index (κ2) is 13.4. The zero-order chi connectivity index (χ0) is 29.3. The van der Waals surface area contributed by atoms with E-state index in [1.807, 2.05) is 0 Å². The lowest BCUT2D eigenvalue weighted by Crippen LogP contribution is -2.70. The number of rotatable bonds is 19. The molecule has 37 heavy (non-hydrogen) atoms. The molecule has 0 aliphatic rings. The van der Waals surface area contributed by atoms with E-state index in [1.165, 1.54) is 0 Å². The van der Waals surface area contributed by atoms with E-state index in [-0.39, 0.29) is 37.9 Å². The highest BCUT2D eigenvalue weighted by Gasteiger charge is 2.89. The van der Waals surface area contributed by atoms with Gasteiger partial charge in [0, 0.05) is 25.0 Å². The molecule has 3 nitrogen and oxygen atoms in total. The minimum atomic E-state index is -7.60. The van der Waals surface area contributed by atoms with Crippen molar-refractivity contribution in [3.63, 3.8) is 0 Å². The number of halogens is 12. The molecule has 0 atom stereocenters. The molecule has 0 rings (SSSR count). The van der Waals surface area contributed by atoms with Crippen LogP contribution in [0.3, 0.4) is 0 Å². The third-order valence-corrected chi connectivity index (χ3v) is 5.49. The van der Waals surface area contributed by atoms with Crippen LogP contribution in [0.5, 0.6) is 0 Å². The maximum absolute atomic E-state index is 13.9. The summed E-state index contributed by atoms with van der Waals surface area (Å²) in [4.78, 5) is 11.5. The fourth-order valence-corrected chi connectivity index (χ4v) is 3.07. The van der Waals surface area contributed by atoms with Gasteiger partial charge in [-0.25, -0.2) is 4.79 Å². The molecule has 0 unspecified atom stereocenters. The van der Waals surface area contributed by atoms with Gasteiger partial charge >= 0.3 is 41.5 Å². The number of hydrogen-bond donors (Lipinski definition) is 1. The first-order valence-corrected chi connectivity index (χ1v) is 11.4. The highest BCUT2D eigenvalue weighted by atomic mass is 19.4.